The summed E-state index contributed by atoms with van der Waals surface area (Å²) in [5.41, 5.74) is 0.803. The van der Waals surface area contributed by atoms with Crippen molar-refractivity contribution in [2.45, 2.75) is 71.6 Å². The molecule has 0 unspecified atom stereocenters. The summed E-state index contributed by atoms with van der Waals surface area (Å²) in [6, 6.07) is 0. The van der Waals surface area contributed by atoms with Crippen LogP contribution < -0.4 is 0 Å². The van der Waals surface area contributed by atoms with Gasteiger partial charge in [-0.1, -0.05) is 51.5 Å². The lowest BCUT2D eigenvalue weighted by atomic mass is 9.88. The maximum absolute atomic E-state index is 11.8. The lowest BCUT2D eigenvalue weighted by Crippen LogP contribution is -2.10. The molecule has 0 amide bonds. The average molecular weight is 252 g/mol. The van der Waals surface area contributed by atoms with Crippen LogP contribution in [0.5, 0.6) is 0 Å². The highest BCUT2D eigenvalue weighted by molar-refractivity contribution is 5.87. The number of esters is 1. The number of hydrogen-bond acceptors (Lipinski definition) is 2. The van der Waals surface area contributed by atoms with Gasteiger partial charge >= 0.3 is 5.97 Å². The predicted molar refractivity (Wildman–Crippen MR) is 75.4 cm³/mol. The van der Waals surface area contributed by atoms with E-state index in [1.54, 1.807) is 0 Å². The van der Waals surface area contributed by atoms with Gasteiger partial charge in [0.2, 0.25) is 0 Å². The quantitative estimate of drug-likeness (QED) is 0.375. The number of carbonyl (C=O) groups is 1. The third-order valence-corrected chi connectivity index (χ3v) is 3.69. The third kappa shape index (κ3) is 6.23. The summed E-state index contributed by atoms with van der Waals surface area (Å²) >= 11 is 0. The summed E-state index contributed by atoms with van der Waals surface area (Å²) in [5, 5.41) is 0. The van der Waals surface area contributed by atoms with E-state index in [0.29, 0.717) is 12.5 Å². The summed E-state index contributed by atoms with van der Waals surface area (Å²) in [6.45, 7) is 4.65. The van der Waals surface area contributed by atoms with Gasteiger partial charge in [-0.2, -0.15) is 0 Å². The largest absolute Gasteiger partial charge is 0.462 e. The lowest BCUT2D eigenvalue weighted by molar-refractivity contribution is -0.139. The fraction of sp³-hybridized carbons (Fsp3) is 0.812. The molecule has 2 nitrogen and oxygen atoms in total. The van der Waals surface area contributed by atoms with Gasteiger partial charge in [-0.15, -0.1) is 0 Å². The van der Waals surface area contributed by atoms with Gasteiger partial charge < -0.3 is 4.74 Å². The Morgan fingerprint density at radius 3 is 2.56 bits per heavy atom. The second-order valence-electron chi connectivity index (χ2n) is 5.44. The van der Waals surface area contributed by atoms with Crippen molar-refractivity contribution in [2.75, 3.05) is 6.61 Å². The van der Waals surface area contributed by atoms with Crippen LogP contribution in [0.1, 0.15) is 71.6 Å². The molecule has 0 bridgehead atoms. The molecule has 0 spiro atoms. The Bertz CT molecular complexity index is 262. The average Bonchev–Trinajstić information content (AvgIpc) is 2.39. The molecule has 104 valence electrons. The van der Waals surface area contributed by atoms with Crippen molar-refractivity contribution in [1.29, 1.82) is 0 Å². The Labute approximate surface area is 112 Å². The number of rotatable bonds is 7. The summed E-state index contributed by atoms with van der Waals surface area (Å²) in [6.07, 6.45) is 13.2. The second kappa shape index (κ2) is 9.18. The molecule has 0 atom stereocenters. The van der Waals surface area contributed by atoms with Crippen molar-refractivity contribution in [3.8, 4) is 0 Å². The van der Waals surface area contributed by atoms with E-state index in [9.17, 15) is 4.79 Å². The highest BCUT2D eigenvalue weighted by Gasteiger charge is 2.13. The summed E-state index contributed by atoms with van der Waals surface area (Å²) < 4.78 is 5.28. The Kier molecular flexibility index (Phi) is 7.79. The fourth-order valence-corrected chi connectivity index (χ4v) is 2.53. The maximum atomic E-state index is 11.8. The molecule has 0 aliphatic heterocycles. The van der Waals surface area contributed by atoms with E-state index < -0.39 is 0 Å². The van der Waals surface area contributed by atoms with E-state index in [2.05, 4.69) is 13.0 Å². The molecular formula is C16H28O2. The van der Waals surface area contributed by atoms with E-state index in [4.69, 9.17) is 4.74 Å². The number of ether oxygens (including phenoxy) is 1. The predicted octanol–water partition coefficient (Wildman–Crippen LogP) is 4.64. The van der Waals surface area contributed by atoms with Crippen LogP contribution >= 0.6 is 0 Å². The van der Waals surface area contributed by atoms with E-state index in [1.165, 1.54) is 44.9 Å². The molecule has 1 aliphatic rings. The molecule has 0 N–H and O–H groups in total. The number of carbonyl (C=O) groups excluding carboxylic acids is 1. The first-order valence-corrected chi connectivity index (χ1v) is 7.59. The topological polar surface area (TPSA) is 26.3 Å². The minimum Gasteiger partial charge on any atom is -0.462 e. The van der Waals surface area contributed by atoms with Gasteiger partial charge in [-0.25, -0.2) is 4.79 Å². The molecule has 1 aliphatic carbocycles. The highest BCUT2D eigenvalue weighted by Crippen LogP contribution is 2.25. The fourth-order valence-electron chi connectivity index (χ4n) is 2.53. The first-order valence-electron chi connectivity index (χ1n) is 7.59. The Morgan fingerprint density at radius 2 is 1.89 bits per heavy atom. The molecule has 0 saturated heterocycles. The number of hydrogen-bond donors (Lipinski definition) is 0. The smallest absolute Gasteiger partial charge is 0.333 e. The van der Waals surface area contributed by atoms with Gasteiger partial charge in [0.15, 0.2) is 0 Å². The van der Waals surface area contributed by atoms with Gasteiger partial charge in [-0.05, 0) is 32.1 Å². The van der Waals surface area contributed by atoms with Crippen LogP contribution in [0.3, 0.4) is 0 Å². The molecule has 1 saturated carbocycles. The van der Waals surface area contributed by atoms with Crippen LogP contribution in [-0.2, 0) is 9.53 Å². The molecule has 1 fully saturated rings. The number of unbranched alkanes of at least 4 members (excludes halogenated alkanes) is 3. The van der Waals surface area contributed by atoms with Gasteiger partial charge in [0.1, 0.15) is 0 Å². The van der Waals surface area contributed by atoms with Gasteiger partial charge in [0, 0.05) is 5.57 Å². The molecule has 0 aromatic carbocycles. The highest BCUT2D eigenvalue weighted by atomic mass is 16.5. The first-order chi connectivity index (χ1) is 8.74. The molecule has 1 rings (SSSR count). The minimum absolute atomic E-state index is 0.114. The summed E-state index contributed by atoms with van der Waals surface area (Å²) in [7, 11) is 0. The van der Waals surface area contributed by atoms with Crippen molar-refractivity contribution < 1.29 is 9.53 Å². The van der Waals surface area contributed by atoms with Crippen LogP contribution in [0.2, 0.25) is 0 Å². The molecule has 0 aromatic heterocycles. The standard InChI is InChI=1S/C16H28O2/c1-3-4-5-9-12-18-16(17)14(2)13-15-10-7-6-8-11-15/h13,15H,3-12H2,1-2H3. The van der Waals surface area contributed by atoms with Gasteiger partial charge in [0.05, 0.1) is 6.61 Å². The van der Waals surface area contributed by atoms with Gasteiger partial charge in [0.25, 0.3) is 0 Å². The van der Waals surface area contributed by atoms with Crippen LogP contribution in [0, 0.1) is 5.92 Å². The van der Waals surface area contributed by atoms with Gasteiger partial charge in [-0.3, -0.25) is 0 Å². The van der Waals surface area contributed by atoms with Crippen LogP contribution in [-0.4, -0.2) is 12.6 Å². The minimum atomic E-state index is -0.114. The maximum Gasteiger partial charge on any atom is 0.333 e. The van der Waals surface area contributed by atoms with Crippen molar-refractivity contribution in [2.24, 2.45) is 5.92 Å². The zero-order valence-corrected chi connectivity index (χ0v) is 12.0. The van der Waals surface area contributed by atoms with E-state index in [-0.39, 0.29) is 5.97 Å². The summed E-state index contributed by atoms with van der Waals surface area (Å²) in [4.78, 5) is 11.8. The first kappa shape index (κ1) is 15.3. The Morgan fingerprint density at radius 1 is 1.17 bits per heavy atom. The molecule has 0 aromatic rings. The van der Waals surface area contributed by atoms with Crippen LogP contribution in [0.15, 0.2) is 11.6 Å². The second-order valence-corrected chi connectivity index (χ2v) is 5.44. The van der Waals surface area contributed by atoms with Crippen molar-refractivity contribution >= 4 is 5.97 Å². The normalized spacial score (nSPS) is 17.8. The SMILES string of the molecule is CCCCCCOC(=O)C(C)=CC1CCCCC1. The van der Waals surface area contributed by atoms with Crippen LogP contribution in [0.4, 0.5) is 0 Å². The molecule has 0 heterocycles. The zero-order valence-electron chi connectivity index (χ0n) is 12.0. The van der Waals surface area contributed by atoms with Crippen LogP contribution in [0.25, 0.3) is 0 Å². The van der Waals surface area contributed by atoms with E-state index in [1.807, 2.05) is 6.92 Å². The lowest BCUT2D eigenvalue weighted by Gasteiger charge is -2.18. The van der Waals surface area contributed by atoms with E-state index >= 15 is 0 Å². The molecular weight excluding hydrogens is 224 g/mol. The Hall–Kier alpha value is -0.790. The molecule has 18 heavy (non-hydrogen) atoms. The Balaban J connectivity index is 2.20. The third-order valence-electron chi connectivity index (χ3n) is 3.69. The van der Waals surface area contributed by atoms with Crippen molar-refractivity contribution in [3.63, 3.8) is 0 Å². The zero-order chi connectivity index (χ0) is 13.2. The van der Waals surface area contributed by atoms with Crippen molar-refractivity contribution in [3.05, 3.63) is 11.6 Å². The summed E-state index contributed by atoms with van der Waals surface area (Å²) in [5.74, 6) is 0.489. The monoisotopic (exact) mass is 252 g/mol. The molecule has 2 heteroatoms. The molecule has 0 radical (unpaired) electrons. The van der Waals surface area contributed by atoms with E-state index in [0.717, 1.165) is 18.4 Å². The number of allylic oxidation sites excluding steroid dienone is 1. The van der Waals surface area contributed by atoms with Crippen molar-refractivity contribution in [1.82, 2.24) is 0 Å².